The molecule has 0 aromatic heterocycles. The number of amides is 3. The number of likely N-dealkylation sites (tertiary alicyclic amines) is 1. The molecule has 2 fully saturated rings. The lowest BCUT2D eigenvalue weighted by Crippen LogP contribution is -2.43. The third kappa shape index (κ3) is 11.6. The van der Waals surface area contributed by atoms with Crippen molar-refractivity contribution in [2.45, 2.75) is 90.7 Å². The van der Waals surface area contributed by atoms with Gasteiger partial charge in [-0.2, -0.15) is 5.11 Å². The van der Waals surface area contributed by atoms with Crippen molar-refractivity contribution >= 4 is 46.8 Å². The van der Waals surface area contributed by atoms with Gasteiger partial charge in [-0.15, -0.1) is 5.11 Å². The Hall–Kier alpha value is -4.94. The molecule has 6 rings (SSSR count). The predicted molar refractivity (Wildman–Crippen MR) is 227 cm³/mol. The summed E-state index contributed by atoms with van der Waals surface area (Å²) in [7, 11) is 2.09. The van der Waals surface area contributed by atoms with Gasteiger partial charge in [0.25, 0.3) is 5.91 Å². The number of carbonyl (C=O) groups excluding carboxylic acids is 4. The van der Waals surface area contributed by atoms with Crippen molar-refractivity contribution < 1.29 is 23.9 Å². The smallest absolute Gasteiger partial charge is 0.407 e. The number of carbonyl (C=O) groups is 4. The van der Waals surface area contributed by atoms with Crippen LogP contribution in [0.15, 0.2) is 75.9 Å². The highest BCUT2D eigenvalue weighted by molar-refractivity contribution is 6.34. The fourth-order valence-electron chi connectivity index (χ4n) is 7.90. The maximum atomic E-state index is 13.9. The van der Waals surface area contributed by atoms with Crippen molar-refractivity contribution in [1.82, 2.24) is 15.5 Å². The average molecular weight is 810 g/mol. The van der Waals surface area contributed by atoms with Gasteiger partial charge in [-0.25, -0.2) is 9.79 Å². The van der Waals surface area contributed by atoms with E-state index in [-0.39, 0.29) is 41.9 Å². The second-order valence-corrected chi connectivity index (χ2v) is 17.3. The number of rotatable bonds is 13. The first-order valence-corrected chi connectivity index (χ1v) is 20.8. The fourth-order valence-corrected chi connectivity index (χ4v) is 8.17. The van der Waals surface area contributed by atoms with Crippen LogP contribution in [0.2, 0.25) is 5.02 Å². The maximum Gasteiger partial charge on any atom is 0.407 e. The van der Waals surface area contributed by atoms with Crippen molar-refractivity contribution in [3.05, 3.63) is 87.9 Å². The van der Waals surface area contributed by atoms with Crippen LogP contribution in [0.1, 0.15) is 92.8 Å². The van der Waals surface area contributed by atoms with Crippen LogP contribution in [0.5, 0.6) is 0 Å². The summed E-state index contributed by atoms with van der Waals surface area (Å²) >= 11 is 6.91. The Morgan fingerprint density at radius 3 is 2.21 bits per heavy atom. The summed E-state index contributed by atoms with van der Waals surface area (Å²) in [5.74, 6) is -0.182. The molecule has 0 radical (unpaired) electrons. The van der Waals surface area contributed by atoms with Gasteiger partial charge in [0, 0.05) is 53.2 Å². The lowest BCUT2D eigenvalue weighted by molar-refractivity contribution is -0.129. The van der Waals surface area contributed by atoms with Crippen LogP contribution in [0, 0.1) is 24.7 Å². The van der Waals surface area contributed by atoms with Crippen LogP contribution in [0.4, 0.5) is 10.5 Å². The number of nitrogens with one attached hydrogen (secondary N) is 3. The topological polar surface area (TPSA) is 154 Å². The van der Waals surface area contributed by atoms with Gasteiger partial charge in [-0.3, -0.25) is 14.4 Å². The van der Waals surface area contributed by atoms with E-state index in [0.29, 0.717) is 54.6 Å². The summed E-state index contributed by atoms with van der Waals surface area (Å²) in [6, 6.07) is 19.1. The van der Waals surface area contributed by atoms with Gasteiger partial charge in [0.1, 0.15) is 11.4 Å². The average Bonchev–Trinajstić information content (AvgIpc) is 3.74. The zero-order valence-electron chi connectivity index (χ0n) is 34.3. The van der Waals surface area contributed by atoms with E-state index in [1.807, 2.05) is 76.2 Å². The number of hydrogen-bond acceptors (Lipinski definition) is 9. The first-order chi connectivity index (χ1) is 27.7. The van der Waals surface area contributed by atoms with Gasteiger partial charge in [0.15, 0.2) is 12.5 Å². The van der Waals surface area contributed by atoms with Crippen LogP contribution >= 0.6 is 11.6 Å². The monoisotopic (exact) mass is 809 g/mol. The molecule has 1 atom stereocenters. The lowest BCUT2D eigenvalue weighted by Gasteiger charge is -2.29. The molecule has 0 unspecified atom stereocenters. The van der Waals surface area contributed by atoms with Gasteiger partial charge in [-0.05, 0) is 146 Å². The molecule has 3 amide bonds. The standard InChI is InChI=1S/C45H56ClN7O5/c1-28-37(43(56)51-36-20-22-53(5)23-21-36)18-19-38(40(28)46)31-10-6-29(7-11-31)24-34(42(55)50-35-16-14-33(15-17-35)41-48-27-49-52-41)25-39(54)32-12-8-30(9-13-32)26-47-44(57)58-45(2,3)4/h6-7,10-11,14-19,30,32,34,36H,8-9,12-13,20-27H2,1-5H3,(H,47,57)(H,50,55)(H,51,56)/t30?,32?,34-/m1/s1. The second-order valence-electron chi connectivity index (χ2n) is 17.0. The van der Waals surface area contributed by atoms with E-state index in [1.165, 1.54) is 0 Å². The van der Waals surface area contributed by atoms with Crippen molar-refractivity contribution in [3.63, 3.8) is 0 Å². The molecule has 1 saturated heterocycles. The number of aliphatic imine (C=N–C) groups is 1. The minimum atomic E-state index is -0.606. The number of ketones is 1. The quantitative estimate of drug-likeness (QED) is 0.158. The van der Waals surface area contributed by atoms with Gasteiger partial charge >= 0.3 is 6.09 Å². The normalized spacial score (nSPS) is 19.2. The van der Waals surface area contributed by atoms with Crippen molar-refractivity contribution in [2.24, 2.45) is 33.0 Å². The number of piperidine rings is 1. The molecule has 0 bridgehead atoms. The SMILES string of the molecule is Cc1c(C(=O)NC2CCN(C)CC2)ccc(-c2ccc(C[C@H](CC(=O)C3CCC(CNC(=O)OC(C)(C)C)CC3)C(=O)Nc3ccc(C4=NCN=N4)cc3)cc2)c1Cl. The number of nitrogens with zero attached hydrogens (tertiary/aromatic N) is 4. The fraction of sp³-hybridized carbons (Fsp3) is 0.489. The third-order valence-corrected chi connectivity index (χ3v) is 11.8. The summed E-state index contributed by atoms with van der Waals surface area (Å²) in [4.78, 5) is 59.7. The zero-order valence-corrected chi connectivity index (χ0v) is 35.0. The van der Waals surface area contributed by atoms with E-state index in [4.69, 9.17) is 16.3 Å². The highest BCUT2D eigenvalue weighted by atomic mass is 35.5. The molecule has 3 aliphatic rings. The maximum absolute atomic E-state index is 13.9. The van der Waals surface area contributed by atoms with Gasteiger partial charge in [0.2, 0.25) is 5.91 Å². The third-order valence-electron chi connectivity index (χ3n) is 11.3. The summed E-state index contributed by atoms with van der Waals surface area (Å²) in [6.45, 7) is 10.1. The van der Waals surface area contributed by atoms with Crippen molar-refractivity contribution in [3.8, 4) is 11.1 Å². The Morgan fingerprint density at radius 2 is 1.57 bits per heavy atom. The van der Waals surface area contributed by atoms with Crippen LogP contribution in [0.25, 0.3) is 11.1 Å². The Kier molecular flexibility index (Phi) is 14.1. The summed E-state index contributed by atoms with van der Waals surface area (Å²) in [5.41, 5.74) is 4.78. The van der Waals surface area contributed by atoms with E-state index in [2.05, 4.69) is 43.1 Å². The summed E-state index contributed by atoms with van der Waals surface area (Å²) in [5, 5.41) is 17.6. The van der Waals surface area contributed by atoms with E-state index in [1.54, 1.807) is 12.1 Å². The highest BCUT2D eigenvalue weighted by Gasteiger charge is 2.31. The molecule has 1 aliphatic carbocycles. The number of ether oxygens (including phenoxy) is 1. The molecule has 0 spiro atoms. The van der Waals surface area contributed by atoms with Gasteiger partial charge in [-0.1, -0.05) is 41.9 Å². The zero-order chi connectivity index (χ0) is 41.4. The van der Waals surface area contributed by atoms with Crippen molar-refractivity contribution in [2.75, 3.05) is 38.7 Å². The molecule has 12 nitrogen and oxygen atoms in total. The molecule has 3 aromatic rings. The van der Waals surface area contributed by atoms with E-state index in [0.717, 1.165) is 66.6 Å². The Bertz CT molecular complexity index is 2010. The van der Waals surface area contributed by atoms with Crippen LogP contribution in [-0.2, 0) is 20.7 Å². The lowest BCUT2D eigenvalue weighted by atomic mass is 9.77. The molecule has 1 saturated carbocycles. The van der Waals surface area contributed by atoms with Crippen LogP contribution < -0.4 is 16.0 Å². The van der Waals surface area contributed by atoms with Crippen molar-refractivity contribution in [1.29, 1.82) is 0 Å². The number of azo groups is 1. The molecule has 2 aliphatic heterocycles. The first kappa shape index (κ1) is 42.7. The molecule has 3 N–H and O–H groups in total. The number of benzene rings is 3. The van der Waals surface area contributed by atoms with Crippen LogP contribution in [-0.4, -0.2) is 79.4 Å². The Morgan fingerprint density at radius 1 is 0.897 bits per heavy atom. The predicted octanol–water partition coefficient (Wildman–Crippen LogP) is 8.40. The molecule has 2 heterocycles. The second kappa shape index (κ2) is 19.2. The first-order valence-electron chi connectivity index (χ1n) is 20.4. The number of alkyl carbamates (subject to hydrolysis) is 1. The molecular weight excluding hydrogens is 754 g/mol. The molecule has 58 heavy (non-hydrogen) atoms. The number of hydrogen-bond donors (Lipinski definition) is 3. The molecule has 13 heteroatoms. The van der Waals surface area contributed by atoms with E-state index in [9.17, 15) is 19.2 Å². The largest absolute Gasteiger partial charge is 0.444 e. The molecule has 3 aromatic carbocycles. The highest BCUT2D eigenvalue weighted by Crippen LogP contribution is 2.34. The molecular formula is C45H56ClN7O5. The minimum absolute atomic E-state index is 0.0810. The van der Waals surface area contributed by atoms with E-state index >= 15 is 0 Å². The Balaban J connectivity index is 1.11. The number of Topliss-reactive ketones (excluding diaryl/α,β-unsaturated/α-hetero) is 1. The number of anilines is 1. The minimum Gasteiger partial charge on any atom is -0.444 e. The number of amidine groups is 1. The summed E-state index contributed by atoms with van der Waals surface area (Å²) in [6.07, 6.45) is 4.94. The summed E-state index contributed by atoms with van der Waals surface area (Å²) < 4.78 is 5.37. The van der Waals surface area contributed by atoms with E-state index < -0.39 is 17.6 Å². The Labute approximate surface area is 346 Å². The van der Waals surface area contributed by atoms with Gasteiger partial charge in [0.05, 0.1) is 5.02 Å². The molecule has 308 valence electrons. The van der Waals surface area contributed by atoms with Crippen LogP contribution in [0.3, 0.4) is 0 Å². The van der Waals surface area contributed by atoms with Gasteiger partial charge < -0.3 is 25.6 Å². The number of halogens is 1.